The number of nitrogens with zero attached hydrogens (tertiary/aromatic N) is 2. The number of para-hydroxylation sites is 1. The van der Waals surface area contributed by atoms with Crippen molar-refractivity contribution in [3.05, 3.63) is 29.8 Å². The van der Waals surface area contributed by atoms with Crippen LogP contribution >= 0.6 is 0 Å². The van der Waals surface area contributed by atoms with Crippen molar-refractivity contribution >= 4 is 5.69 Å². The summed E-state index contributed by atoms with van der Waals surface area (Å²) in [6, 6.07) is 9.38. The molecule has 1 atom stereocenters. The molecule has 0 bridgehead atoms. The molecule has 0 radical (unpaired) electrons. The molecular formula is C17H27N3. The molecule has 1 aromatic rings. The van der Waals surface area contributed by atoms with Gasteiger partial charge in [-0.2, -0.15) is 0 Å². The van der Waals surface area contributed by atoms with Gasteiger partial charge in [0.2, 0.25) is 0 Å². The molecular weight excluding hydrogens is 246 g/mol. The van der Waals surface area contributed by atoms with Crippen LogP contribution in [-0.4, -0.2) is 55.1 Å². The van der Waals surface area contributed by atoms with Crippen molar-refractivity contribution in [2.75, 3.05) is 44.6 Å². The van der Waals surface area contributed by atoms with E-state index in [1.807, 2.05) is 0 Å². The Morgan fingerprint density at radius 2 is 2.05 bits per heavy atom. The maximum atomic E-state index is 3.58. The Morgan fingerprint density at radius 3 is 2.95 bits per heavy atom. The quantitative estimate of drug-likeness (QED) is 0.909. The van der Waals surface area contributed by atoms with E-state index in [2.05, 4.69) is 46.3 Å². The Hall–Kier alpha value is -1.06. The summed E-state index contributed by atoms with van der Waals surface area (Å²) in [5.41, 5.74) is 2.62. The van der Waals surface area contributed by atoms with Gasteiger partial charge in [0.15, 0.2) is 0 Å². The molecule has 2 aliphatic rings. The van der Waals surface area contributed by atoms with Crippen LogP contribution in [0.2, 0.25) is 0 Å². The predicted molar refractivity (Wildman–Crippen MR) is 85.3 cm³/mol. The summed E-state index contributed by atoms with van der Waals surface area (Å²) in [5, 5.41) is 3.58. The maximum absolute atomic E-state index is 3.58. The lowest BCUT2D eigenvalue weighted by Crippen LogP contribution is -2.55. The third-order valence-electron chi connectivity index (χ3n) is 4.81. The average molecular weight is 273 g/mol. The van der Waals surface area contributed by atoms with Gasteiger partial charge in [-0.05, 0) is 37.9 Å². The molecule has 3 nitrogen and oxygen atoms in total. The summed E-state index contributed by atoms with van der Waals surface area (Å²) in [7, 11) is 0. The fourth-order valence-corrected chi connectivity index (χ4v) is 3.54. The van der Waals surface area contributed by atoms with Gasteiger partial charge in [-0.25, -0.2) is 0 Å². The average Bonchev–Trinajstić information content (AvgIpc) is 2.49. The first-order valence-electron chi connectivity index (χ1n) is 8.09. The summed E-state index contributed by atoms with van der Waals surface area (Å²) < 4.78 is 0. The number of hydrogen-bond acceptors (Lipinski definition) is 3. The van der Waals surface area contributed by atoms with Crippen LogP contribution < -0.4 is 5.32 Å². The third-order valence-corrected chi connectivity index (χ3v) is 4.81. The van der Waals surface area contributed by atoms with Gasteiger partial charge in [-0.3, -0.25) is 9.80 Å². The summed E-state index contributed by atoms with van der Waals surface area (Å²) in [5.74, 6) is 0. The van der Waals surface area contributed by atoms with Gasteiger partial charge in [0.1, 0.15) is 0 Å². The van der Waals surface area contributed by atoms with E-state index < -0.39 is 0 Å². The Morgan fingerprint density at radius 1 is 1.15 bits per heavy atom. The molecule has 2 aliphatic heterocycles. The van der Waals surface area contributed by atoms with Crippen LogP contribution in [0.3, 0.4) is 0 Å². The van der Waals surface area contributed by atoms with Gasteiger partial charge in [-0.15, -0.1) is 0 Å². The van der Waals surface area contributed by atoms with Crippen LogP contribution in [0.25, 0.3) is 0 Å². The molecule has 0 aromatic heterocycles. The SMILES string of the molecule is Cc1ccccc1NCCN1CCN2CCCCC2C1. The number of benzene rings is 1. The number of aryl methyl sites for hydroxylation is 1. The first-order chi connectivity index (χ1) is 9.83. The summed E-state index contributed by atoms with van der Waals surface area (Å²) in [6.45, 7) is 9.51. The minimum atomic E-state index is 0.830. The minimum absolute atomic E-state index is 0.830. The van der Waals surface area contributed by atoms with E-state index >= 15 is 0 Å². The largest absolute Gasteiger partial charge is 0.384 e. The zero-order valence-electron chi connectivity index (χ0n) is 12.6. The molecule has 1 aromatic carbocycles. The molecule has 1 N–H and O–H groups in total. The van der Waals surface area contributed by atoms with Crippen molar-refractivity contribution in [3.8, 4) is 0 Å². The monoisotopic (exact) mass is 273 g/mol. The van der Waals surface area contributed by atoms with Crippen molar-refractivity contribution in [2.24, 2.45) is 0 Å². The van der Waals surface area contributed by atoms with Crippen LogP contribution in [0.1, 0.15) is 24.8 Å². The van der Waals surface area contributed by atoms with Gasteiger partial charge >= 0.3 is 0 Å². The van der Waals surface area contributed by atoms with Crippen molar-refractivity contribution in [3.63, 3.8) is 0 Å². The molecule has 20 heavy (non-hydrogen) atoms. The standard InChI is InChI=1S/C17H27N3/c1-15-6-2-3-8-17(15)18-9-11-19-12-13-20-10-5-4-7-16(20)14-19/h2-3,6,8,16,18H,4-5,7,9-14H2,1H3. The number of anilines is 1. The number of hydrogen-bond donors (Lipinski definition) is 1. The molecule has 2 saturated heterocycles. The minimum Gasteiger partial charge on any atom is -0.384 e. The van der Waals surface area contributed by atoms with E-state index in [4.69, 9.17) is 0 Å². The van der Waals surface area contributed by atoms with Crippen molar-refractivity contribution < 1.29 is 0 Å². The normalized spacial score (nSPS) is 24.4. The van der Waals surface area contributed by atoms with E-state index in [0.29, 0.717) is 0 Å². The highest BCUT2D eigenvalue weighted by atomic mass is 15.3. The fraction of sp³-hybridized carbons (Fsp3) is 0.647. The Labute approximate surface area is 123 Å². The molecule has 0 spiro atoms. The van der Waals surface area contributed by atoms with Crippen LogP contribution in [0, 0.1) is 6.92 Å². The molecule has 3 heteroatoms. The third kappa shape index (κ3) is 3.33. The van der Waals surface area contributed by atoms with Crippen molar-refractivity contribution in [2.45, 2.75) is 32.2 Å². The fourth-order valence-electron chi connectivity index (χ4n) is 3.54. The second-order valence-electron chi connectivity index (χ2n) is 6.23. The lowest BCUT2D eigenvalue weighted by molar-refractivity contribution is 0.0515. The zero-order chi connectivity index (χ0) is 13.8. The molecule has 0 amide bonds. The highest BCUT2D eigenvalue weighted by Crippen LogP contribution is 2.21. The maximum Gasteiger partial charge on any atom is 0.0370 e. The van der Waals surface area contributed by atoms with Crippen LogP contribution in [-0.2, 0) is 0 Å². The highest BCUT2D eigenvalue weighted by molar-refractivity contribution is 5.50. The van der Waals surface area contributed by atoms with Crippen LogP contribution in [0.15, 0.2) is 24.3 Å². The predicted octanol–water partition coefficient (Wildman–Crippen LogP) is 2.58. The first kappa shape index (κ1) is 13.9. The lowest BCUT2D eigenvalue weighted by Gasteiger charge is -2.44. The number of piperazine rings is 1. The molecule has 0 saturated carbocycles. The molecule has 2 fully saturated rings. The summed E-state index contributed by atoms with van der Waals surface area (Å²) in [6.07, 6.45) is 4.24. The van der Waals surface area contributed by atoms with Gasteiger partial charge in [0, 0.05) is 44.5 Å². The second-order valence-corrected chi connectivity index (χ2v) is 6.23. The zero-order valence-corrected chi connectivity index (χ0v) is 12.6. The molecule has 110 valence electrons. The summed E-state index contributed by atoms with van der Waals surface area (Å²) in [4.78, 5) is 5.34. The topological polar surface area (TPSA) is 18.5 Å². The Kier molecular flexibility index (Phi) is 4.58. The first-order valence-corrected chi connectivity index (χ1v) is 8.09. The molecule has 1 unspecified atom stereocenters. The van der Waals surface area contributed by atoms with Gasteiger partial charge in [0.25, 0.3) is 0 Å². The molecule has 2 heterocycles. The van der Waals surface area contributed by atoms with Crippen molar-refractivity contribution in [1.82, 2.24) is 9.80 Å². The van der Waals surface area contributed by atoms with Gasteiger partial charge < -0.3 is 5.32 Å². The van der Waals surface area contributed by atoms with Crippen molar-refractivity contribution in [1.29, 1.82) is 0 Å². The highest BCUT2D eigenvalue weighted by Gasteiger charge is 2.28. The Bertz CT molecular complexity index is 432. The number of piperidine rings is 1. The molecule has 3 rings (SSSR count). The number of fused-ring (bicyclic) bond motifs is 1. The number of rotatable bonds is 4. The van der Waals surface area contributed by atoms with E-state index in [-0.39, 0.29) is 0 Å². The van der Waals surface area contributed by atoms with Gasteiger partial charge in [0.05, 0.1) is 0 Å². The number of nitrogens with one attached hydrogen (secondary N) is 1. The van der Waals surface area contributed by atoms with E-state index in [1.54, 1.807) is 0 Å². The van der Waals surface area contributed by atoms with E-state index in [9.17, 15) is 0 Å². The van der Waals surface area contributed by atoms with Gasteiger partial charge in [-0.1, -0.05) is 24.6 Å². The van der Waals surface area contributed by atoms with Crippen LogP contribution in [0.4, 0.5) is 5.69 Å². The van der Waals surface area contributed by atoms with Crippen LogP contribution in [0.5, 0.6) is 0 Å². The van der Waals surface area contributed by atoms with E-state index in [1.165, 1.54) is 63.2 Å². The Balaban J connectivity index is 1.44. The lowest BCUT2D eigenvalue weighted by atomic mass is 9.99. The smallest absolute Gasteiger partial charge is 0.0370 e. The second kappa shape index (κ2) is 6.59. The van der Waals surface area contributed by atoms with E-state index in [0.717, 1.165) is 12.6 Å². The summed E-state index contributed by atoms with van der Waals surface area (Å²) >= 11 is 0. The molecule has 0 aliphatic carbocycles.